The highest BCUT2D eigenvalue weighted by molar-refractivity contribution is 6.58. The van der Waals surface area contributed by atoms with Crippen LogP contribution in [0.2, 0.25) is 6.32 Å². The van der Waals surface area contributed by atoms with Gasteiger partial charge in [0.25, 0.3) is 0 Å². The van der Waals surface area contributed by atoms with Crippen molar-refractivity contribution in [3.63, 3.8) is 0 Å². The van der Waals surface area contributed by atoms with Crippen LogP contribution < -0.4 is 15.1 Å². The van der Waals surface area contributed by atoms with E-state index in [1.54, 1.807) is 12.1 Å². The molecule has 0 saturated carbocycles. The molecule has 4 atom stereocenters. The zero-order valence-corrected chi connectivity index (χ0v) is 28.2. The van der Waals surface area contributed by atoms with Crippen LogP contribution in [0.15, 0.2) is 83.4 Å². The molecular formula is C38H43B2NO8. The van der Waals surface area contributed by atoms with Crippen LogP contribution >= 0.6 is 0 Å². The second kappa shape index (κ2) is 14.8. The van der Waals surface area contributed by atoms with Crippen molar-refractivity contribution in [1.29, 1.82) is 0 Å². The first-order valence-corrected chi connectivity index (χ1v) is 17.1. The molecule has 0 unspecified atom stereocenters. The number of carbonyl (C=O) groups is 2. The molecule has 6 rings (SSSR count). The van der Waals surface area contributed by atoms with Crippen molar-refractivity contribution >= 4 is 43.3 Å². The number of phenolic OH excluding ortho intramolecular Hbond substituents is 1. The fourth-order valence-electron chi connectivity index (χ4n) is 7.88. The lowest BCUT2D eigenvalue weighted by atomic mass is 9.58. The number of rotatable bonds is 11. The molecule has 3 aromatic rings. The van der Waals surface area contributed by atoms with Crippen LogP contribution in [0.3, 0.4) is 0 Å². The van der Waals surface area contributed by atoms with Crippen LogP contribution in [0, 0.1) is 31.6 Å². The van der Waals surface area contributed by atoms with Crippen LogP contribution in [0.4, 0.5) is 5.69 Å². The van der Waals surface area contributed by atoms with Gasteiger partial charge in [0, 0.05) is 0 Å². The van der Waals surface area contributed by atoms with E-state index in [1.165, 1.54) is 22.6 Å². The summed E-state index contributed by atoms with van der Waals surface area (Å²) in [4.78, 5) is 29.4. The minimum Gasteiger partial charge on any atom is -0.507 e. The van der Waals surface area contributed by atoms with Gasteiger partial charge in [-0.15, -0.1) is 0 Å². The Morgan fingerprint density at radius 1 is 1.00 bits per heavy atom. The van der Waals surface area contributed by atoms with Crippen molar-refractivity contribution in [1.82, 2.24) is 0 Å². The van der Waals surface area contributed by atoms with E-state index < -0.39 is 38.1 Å². The first kappa shape index (κ1) is 34.7. The smallest absolute Gasteiger partial charge is 0.488 e. The number of aromatic hydroxyl groups is 1. The van der Waals surface area contributed by atoms with E-state index in [2.05, 4.69) is 13.0 Å². The summed E-state index contributed by atoms with van der Waals surface area (Å²) in [6.45, 7) is 6.13. The Kier molecular flexibility index (Phi) is 10.5. The number of para-hydroxylation sites is 1. The third kappa shape index (κ3) is 7.26. The number of benzene rings is 3. The third-order valence-electron chi connectivity index (χ3n) is 10.1. The number of aryl methyl sites for hydroxylation is 2. The minimum absolute atomic E-state index is 0.174. The van der Waals surface area contributed by atoms with Gasteiger partial charge in [0.15, 0.2) is 0 Å². The molecule has 3 aromatic carbocycles. The number of anilines is 1. The summed E-state index contributed by atoms with van der Waals surface area (Å²) < 4.78 is 12.5. The Bertz CT molecular complexity index is 1750. The lowest BCUT2D eigenvalue weighted by Crippen LogP contribution is -2.46. The number of imide groups is 1. The van der Waals surface area contributed by atoms with Gasteiger partial charge in [0.1, 0.15) is 18.1 Å². The Labute approximate surface area is 288 Å². The van der Waals surface area contributed by atoms with Crippen LogP contribution in [0.5, 0.6) is 11.5 Å². The van der Waals surface area contributed by atoms with Crippen LogP contribution in [-0.4, -0.2) is 58.9 Å². The summed E-state index contributed by atoms with van der Waals surface area (Å²) in [5.41, 5.74) is 6.17. The highest BCUT2D eigenvalue weighted by Crippen LogP contribution is 2.51. The average molecular weight is 663 g/mol. The molecule has 0 radical (unpaired) electrons. The Balaban J connectivity index is 1.34. The fraction of sp³-hybridized carbons (Fsp3) is 0.368. The standard InChI is InChI=1S/C38H43B2NO8/c1-4-9-25(18-26-16-23(2)36(42)24(3)17-26)14-15-33-34-27(22-48-30-12-6-5-7-13-30)19-31-35(32(34)21-39(45)49-33)38(44)41(37(31)43)29-11-8-10-28(20-29)40(46)47/h5-8,10-13,16-18,20,31-33,35,42,45-47H,4,9,14-15,19,21-22H2,1-3H3/b25-18+/t31-,32+,33-,35-/m1/s1. The van der Waals surface area contributed by atoms with E-state index in [0.29, 0.717) is 30.8 Å². The van der Waals surface area contributed by atoms with E-state index in [9.17, 15) is 29.8 Å². The number of fused-ring (bicyclic) bond motifs is 3. The molecule has 3 aliphatic rings. The van der Waals surface area contributed by atoms with Gasteiger partial charge in [-0.2, -0.15) is 0 Å². The Morgan fingerprint density at radius 3 is 2.43 bits per heavy atom. The molecule has 4 N–H and O–H groups in total. The summed E-state index contributed by atoms with van der Waals surface area (Å²) in [5.74, 6) is -1.50. The first-order chi connectivity index (χ1) is 23.5. The van der Waals surface area contributed by atoms with Crippen molar-refractivity contribution < 1.29 is 39.2 Å². The van der Waals surface area contributed by atoms with E-state index in [4.69, 9.17) is 9.39 Å². The molecule has 11 heteroatoms. The maximum Gasteiger partial charge on any atom is 0.488 e. The van der Waals surface area contributed by atoms with Crippen LogP contribution in [0.1, 0.15) is 55.7 Å². The van der Waals surface area contributed by atoms with Crippen molar-refractivity contribution in [3.8, 4) is 11.5 Å². The van der Waals surface area contributed by atoms with Gasteiger partial charge in [-0.25, -0.2) is 0 Å². The number of amides is 2. The lowest BCUT2D eigenvalue weighted by molar-refractivity contribution is -0.122. The molecule has 9 nitrogen and oxygen atoms in total. The van der Waals surface area contributed by atoms with E-state index in [0.717, 1.165) is 40.7 Å². The number of hydrogen-bond acceptors (Lipinski definition) is 8. The molecular weight excluding hydrogens is 620 g/mol. The van der Waals surface area contributed by atoms with Crippen molar-refractivity contribution in [2.24, 2.45) is 17.8 Å². The predicted octanol–water partition coefficient (Wildman–Crippen LogP) is 4.73. The SMILES string of the molecule is CCC/C(=C\c1cc(C)c(O)c(C)c1)CC[C@H]1OB(O)C[C@H]2C1=C(COc1ccccc1)C[C@H]1C(=O)N(c3cccc(B(O)O)c3)C(=O)[C@H]12. The van der Waals surface area contributed by atoms with Gasteiger partial charge >= 0.3 is 14.2 Å². The highest BCUT2D eigenvalue weighted by atomic mass is 16.5. The highest BCUT2D eigenvalue weighted by Gasteiger charge is 2.57. The van der Waals surface area contributed by atoms with Gasteiger partial charge in [-0.1, -0.05) is 55.3 Å². The number of ether oxygens (including phenoxy) is 1. The second-order valence-corrected chi connectivity index (χ2v) is 13.5. The lowest BCUT2D eigenvalue weighted by Gasteiger charge is -2.43. The summed E-state index contributed by atoms with van der Waals surface area (Å²) in [6.07, 6.45) is 5.24. The van der Waals surface area contributed by atoms with Crippen LogP contribution in [0.25, 0.3) is 6.08 Å². The quantitative estimate of drug-likeness (QED) is 0.131. The molecule has 2 saturated heterocycles. The van der Waals surface area contributed by atoms with Crippen molar-refractivity contribution in [2.75, 3.05) is 11.5 Å². The normalized spacial score (nSPS) is 22.4. The molecule has 254 valence electrons. The van der Waals surface area contributed by atoms with Crippen molar-refractivity contribution in [3.05, 3.63) is 100 Å². The number of hydrogen-bond donors (Lipinski definition) is 4. The minimum atomic E-state index is -1.75. The Morgan fingerprint density at radius 2 is 1.73 bits per heavy atom. The van der Waals surface area contributed by atoms with Gasteiger partial charge in [-0.3, -0.25) is 14.5 Å². The Hall–Kier alpha value is -4.15. The topological polar surface area (TPSA) is 137 Å². The van der Waals surface area contributed by atoms with Gasteiger partial charge < -0.3 is 29.6 Å². The molecule has 2 aliphatic heterocycles. The monoisotopic (exact) mass is 663 g/mol. The van der Waals surface area contributed by atoms with Gasteiger partial charge in [0.2, 0.25) is 11.8 Å². The molecule has 0 bridgehead atoms. The predicted molar refractivity (Wildman–Crippen MR) is 190 cm³/mol. The summed E-state index contributed by atoms with van der Waals surface area (Å²) >= 11 is 0. The zero-order valence-electron chi connectivity index (χ0n) is 28.2. The first-order valence-electron chi connectivity index (χ1n) is 17.1. The number of phenols is 1. The molecule has 2 heterocycles. The number of carbonyl (C=O) groups excluding carboxylic acids is 2. The maximum absolute atomic E-state index is 14.2. The van der Waals surface area contributed by atoms with Crippen molar-refractivity contribution in [2.45, 2.75) is 65.3 Å². The summed E-state index contributed by atoms with van der Waals surface area (Å²) in [5, 5.41) is 40.9. The molecule has 1 aliphatic carbocycles. The van der Waals surface area contributed by atoms with Crippen LogP contribution in [-0.2, 0) is 14.2 Å². The molecule has 2 amide bonds. The molecule has 0 spiro atoms. The second-order valence-electron chi connectivity index (χ2n) is 13.5. The van der Waals surface area contributed by atoms with E-state index in [1.807, 2.05) is 56.3 Å². The van der Waals surface area contributed by atoms with Gasteiger partial charge in [0.05, 0.1) is 23.6 Å². The third-order valence-corrected chi connectivity index (χ3v) is 10.1. The number of allylic oxidation sites excluding steroid dienone is 1. The average Bonchev–Trinajstić information content (AvgIpc) is 3.34. The van der Waals surface area contributed by atoms with E-state index in [-0.39, 0.29) is 35.9 Å². The molecule has 2 fully saturated rings. The largest absolute Gasteiger partial charge is 0.507 e. The maximum atomic E-state index is 14.2. The number of nitrogens with zero attached hydrogens (tertiary/aromatic N) is 1. The fourth-order valence-corrected chi connectivity index (χ4v) is 7.88. The zero-order chi connectivity index (χ0) is 34.8. The van der Waals surface area contributed by atoms with E-state index >= 15 is 0 Å². The van der Waals surface area contributed by atoms with Gasteiger partial charge in [-0.05, 0) is 121 Å². The molecule has 49 heavy (non-hydrogen) atoms. The summed E-state index contributed by atoms with van der Waals surface area (Å²) in [6, 6.07) is 19.6. The summed E-state index contributed by atoms with van der Waals surface area (Å²) in [7, 11) is -2.86. The molecule has 0 aromatic heterocycles.